The number of carboxylic acid groups (broad SMARTS) is 1. The van der Waals surface area contributed by atoms with Gasteiger partial charge >= 0.3 is 24.1 Å². The van der Waals surface area contributed by atoms with Crippen molar-refractivity contribution in [1.82, 2.24) is 14.7 Å². The minimum absolute atomic E-state index is 0.260. The fourth-order valence-corrected chi connectivity index (χ4v) is 5.93. The third-order valence-electron chi connectivity index (χ3n) is 8.22. The van der Waals surface area contributed by atoms with Crippen LogP contribution in [0.25, 0.3) is 0 Å². The first-order valence-electron chi connectivity index (χ1n) is 12.3. The molecular formula is C25H32F3N3O5. The van der Waals surface area contributed by atoms with Gasteiger partial charge in [-0.2, -0.15) is 13.2 Å². The molecule has 1 spiro atoms. The Morgan fingerprint density at radius 1 is 1.14 bits per heavy atom. The molecule has 36 heavy (non-hydrogen) atoms. The molecule has 2 amide bonds. The van der Waals surface area contributed by atoms with Gasteiger partial charge in [-0.1, -0.05) is 36.8 Å². The lowest BCUT2D eigenvalue weighted by molar-refractivity contribution is -0.206. The molecule has 0 atom stereocenters. The molecule has 1 aromatic carbocycles. The number of halogens is 3. The van der Waals surface area contributed by atoms with Gasteiger partial charge in [0.25, 0.3) is 0 Å². The van der Waals surface area contributed by atoms with Gasteiger partial charge in [0.15, 0.2) is 0 Å². The van der Waals surface area contributed by atoms with Gasteiger partial charge in [0, 0.05) is 18.6 Å². The summed E-state index contributed by atoms with van der Waals surface area (Å²) in [5, 5.41) is 9.33. The number of carboxylic acids is 1. The maximum absolute atomic E-state index is 13.2. The van der Waals surface area contributed by atoms with Gasteiger partial charge < -0.3 is 19.6 Å². The SMILES string of the molecule is CN(COC(=O)C(F)(F)F)[C@]1(c2ccccc2)CC[C@]2(CC1)CN(CC(=O)O)C(=O)N2CC1CCC1. The van der Waals surface area contributed by atoms with Gasteiger partial charge in [-0.3, -0.25) is 9.69 Å². The maximum Gasteiger partial charge on any atom is 0.490 e. The highest BCUT2D eigenvalue weighted by Crippen LogP contribution is 2.50. The monoisotopic (exact) mass is 511 g/mol. The first kappa shape index (κ1) is 26.2. The molecule has 3 fully saturated rings. The van der Waals surface area contributed by atoms with Crippen LogP contribution < -0.4 is 0 Å². The Kier molecular flexibility index (Phi) is 7.23. The second-order valence-corrected chi connectivity index (χ2v) is 10.3. The molecule has 4 rings (SSSR count). The molecule has 198 valence electrons. The predicted octanol–water partition coefficient (Wildman–Crippen LogP) is 3.81. The largest absolute Gasteiger partial charge is 0.490 e. The van der Waals surface area contributed by atoms with Gasteiger partial charge in [-0.15, -0.1) is 0 Å². The number of ether oxygens (including phenoxy) is 1. The maximum atomic E-state index is 13.2. The number of hydrogen-bond acceptors (Lipinski definition) is 5. The quantitative estimate of drug-likeness (QED) is 0.422. The van der Waals surface area contributed by atoms with E-state index in [0.29, 0.717) is 44.7 Å². The van der Waals surface area contributed by atoms with E-state index in [-0.39, 0.29) is 12.6 Å². The number of aliphatic carboxylic acids is 1. The fourth-order valence-electron chi connectivity index (χ4n) is 5.93. The number of esters is 1. The lowest BCUT2D eigenvalue weighted by Crippen LogP contribution is -2.57. The highest BCUT2D eigenvalue weighted by molar-refractivity contribution is 5.83. The summed E-state index contributed by atoms with van der Waals surface area (Å²) in [5.41, 5.74) is -0.351. The Hall–Kier alpha value is -2.82. The summed E-state index contributed by atoms with van der Waals surface area (Å²) in [5.74, 6) is -2.90. The second kappa shape index (κ2) is 9.91. The van der Waals surface area contributed by atoms with Crippen LogP contribution in [0.4, 0.5) is 18.0 Å². The lowest BCUT2D eigenvalue weighted by Gasteiger charge is -2.52. The molecule has 1 heterocycles. The Labute approximate surface area is 208 Å². The third-order valence-corrected chi connectivity index (χ3v) is 8.22. The van der Waals surface area contributed by atoms with Crippen LogP contribution in [-0.2, 0) is 19.9 Å². The Morgan fingerprint density at radius 3 is 2.31 bits per heavy atom. The number of amides is 2. The first-order chi connectivity index (χ1) is 17.0. The summed E-state index contributed by atoms with van der Waals surface area (Å²) in [6.07, 6.45) is 0.245. The number of carbonyl (C=O) groups is 3. The minimum atomic E-state index is -5.07. The molecule has 8 nitrogen and oxygen atoms in total. The Balaban J connectivity index is 1.57. The average Bonchev–Trinajstić information content (AvgIpc) is 3.04. The van der Waals surface area contributed by atoms with Crippen LogP contribution in [0.15, 0.2) is 30.3 Å². The molecular weight excluding hydrogens is 479 g/mol. The van der Waals surface area contributed by atoms with Crippen molar-refractivity contribution in [1.29, 1.82) is 0 Å². The normalized spacial score (nSPS) is 27.0. The van der Waals surface area contributed by atoms with Crippen LogP contribution in [0.3, 0.4) is 0 Å². The third kappa shape index (κ3) is 5.02. The van der Waals surface area contributed by atoms with E-state index in [1.807, 2.05) is 35.2 Å². The van der Waals surface area contributed by atoms with Crippen molar-refractivity contribution in [3.05, 3.63) is 35.9 Å². The molecule has 0 bridgehead atoms. The number of alkyl halides is 3. The topological polar surface area (TPSA) is 90.4 Å². The van der Waals surface area contributed by atoms with Crippen molar-refractivity contribution in [2.24, 2.45) is 5.92 Å². The summed E-state index contributed by atoms with van der Waals surface area (Å²) < 4.78 is 42.8. The molecule has 0 aromatic heterocycles. The molecule has 1 saturated heterocycles. The number of hydrogen-bond donors (Lipinski definition) is 1. The van der Waals surface area contributed by atoms with Crippen LogP contribution in [0.5, 0.6) is 0 Å². The highest BCUT2D eigenvalue weighted by Gasteiger charge is 2.55. The summed E-state index contributed by atoms with van der Waals surface area (Å²) in [6.45, 7) is 0.00376. The molecule has 1 aromatic rings. The molecule has 0 unspecified atom stereocenters. The summed E-state index contributed by atoms with van der Waals surface area (Å²) in [7, 11) is 1.64. The summed E-state index contributed by atoms with van der Waals surface area (Å²) in [4.78, 5) is 40.9. The van der Waals surface area contributed by atoms with Gasteiger partial charge in [0.2, 0.25) is 0 Å². The standard InChI is InChI=1S/C25H32F3N3O5/c1-29(17-36-21(34)25(26,27)28)24(19-8-3-2-4-9-19)12-10-23(11-13-24)16-30(15-20(32)33)22(35)31(23)14-18-6-5-7-18/h2-4,8-9,18H,5-7,10-17H2,1H3,(H,32,33)/t23-,24+. The van der Waals surface area contributed by atoms with E-state index in [0.717, 1.165) is 24.8 Å². The van der Waals surface area contributed by atoms with Crippen LogP contribution in [0.2, 0.25) is 0 Å². The van der Waals surface area contributed by atoms with Gasteiger partial charge in [0.1, 0.15) is 13.3 Å². The van der Waals surface area contributed by atoms with E-state index in [1.54, 1.807) is 11.9 Å². The Morgan fingerprint density at radius 2 is 1.78 bits per heavy atom. The first-order valence-corrected chi connectivity index (χ1v) is 12.3. The molecule has 1 aliphatic heterocycles. The van der Waals surface area contributed by atoms with Gasteiger partial charge in [-0.05, 0) is 57.1 Å². The van der Waals surface area contributed by atoms with Gasteiger partial charge in [0.05, 0.1) is 5.54 Å². The fraction of sp³-hybridized carbons (Fsp3) is 0.640. The van der Waals surface area contributed by atoms with Gasteiger partial charge in [-0.25, -0.2) is 9.59 Å². The number of rotatable bonds is 8. The molecule has 1 N–H and O–H groups in total. The second-order valence-electron chi connectivity index (χ2n) is 10.3. The molecule has 3 aliphatic rings. The van der Waals surface area contributed by atoms with E-state index < -0.39 is 35.9 Å². The van der Waals surface area contributed by atoms with E-state index >= 15 is 0 Å². The van der Waals surface area contributed by atoms with Crippen molar-refractivity contribution in [2.45, 2.75) is 62.2 Å². The summed E-state index contributed by atoms with van der Waals surface area (Å²) in [6, 6.07) is 9.11. The minimum Gasteiger partial charge on any atom is -0.480 e. The van der Waals surface area contributed by atoms with Crippen molar-refractivity contribution in [2.75, 3.05) is 33.4 Å². The van der Waals surface area contributed by atoms with Crippen LogP contribution in [0, 0.1) is 5.92 Å². The Bertz CT molecular complexity index is 975. The van der Waals surface area contributed by atoms with Crippen LogP contribution in [-0.4, -0.2) is 82.9 Å². The molecule has 0 radical (unpaired) electrons. The van der Waals surface area contributed by atoms with Crippen molar-refractivity contribution in [3.63, 3.8) is 0 Å². The predicted molar refractivity (Wildman–Crippen MR) is 123 cm³/mol. The molecule has 11 heteroatoms. The van der Waals surface area contributed by atoms with E-state index in [2.05, 4.69) is 4.74 Å². The highest BCUT2D eigenvalue weighted by atomic mass is 19.4. The molecule has 2 saturated carbocycles. The average molecular weight is 512 g/mol. The summed E-state index contributed by atoms with van der Waals surface area (Å²) >= 11 is 0. The van der Waals surface area contributed by atoms with Crippen molar-refractivity contribution >= 4 is 18.0 Å². The van der Waals surface area contributed by atoms with E-state index in [1.165, 1.54) is 4.90 Å². The van der Waals surface area contributed by atoms with Crippen molar-refractivity contribution in [3.8, 4) is 0 Å². The number of urea groups is 1. The van der Waals surface area contributed by atoms with Crippen LogP contribution in [0.1, 0.15) is 50.5 Å². The van der Waals surface area contributed by atoms with Crippen LogP contribution >= 0.6 is 0 Å². The zero-order chi connectivity index (χ0) is 26.1. The zero-order valence-electron chi connectivity index (χ0n) is 20.3. The molecule has 2 aliphatic carbocycles. The zero-order valence-corrected chi connectivity index (χ0v) is 20.3. The van der Waals surface area contributed by atoms with E-state index in [9.17, 15) is 32.7 Å². The smallest absolute Gasteiger partial charge is 0.480 e. The van der Waals surface area contributed by atoms with Crippen molar-refractivity contribution < 1.29 is 37.4 Å². The number of benzene rings is 1. The lowest BCUT2D eigenvalue weighted by atomic mass is 9.68. The number of nitrogens with zero attached hydrogens (tertiary/aromatic N) is 3. The number of carbonyl (C=O) groups excluding carboxylic acids is 2. The van der Waals surface area contributed by atoms with E-state index in [4.69, 9.17) is 0 Å².